The van der Waals surface area contributed by atoms with Crippen LogP contribution in [0.15, 0.2) is 38.9 Å². The molecule has 0 amide bonds. The molecule has 2 aromatic heterocycles. The summed E-state index contributed by atoms with van der Waals surface area (Å²) in [7, 11) is 0. The highest BCUT2D eigenvalue weighted by molar-refractivity contribution is 9.10. The van der Waals surface area contributed by atoms with E-state index in [-0.39, 0.29) is 5.78 Å². The van der Waals surface area contributed by atoms with Crippen LogP contribution in [0, 0.1) is 0 Å². The van der Waals surface area contributed by atoms with Crippen molar-refractivity contribution >= 4 is 33.0 Å². The lowest BCUT2D eigenvalue weighted by atomic mass is 10.2. The summed E-state index contributed by atoms with van der Waals surface area (Å²) in [5.41, 5.74) is 0.572. The first-order chi connectivity index (χ1) is 6.29. The van der Waals surface area contributed by atoms with E-state index in [1.165, 1.54) is 17.6 Å². The van der Waals surface area contributed by atoms with E-state index >= 15 is 0 Å². The van der Waals surface area contributed by atoms with Crippen molar-refractivity contribution < 1.29 is 9.21 Å². The zero-order valence-electron chi connectivity index (χ0n) is 6.49. The van der Waals surface area contributed by atoms with Crippen molar-refractivity contribution in [1.82, 2.24) is 0 Å². The Balaban J connectivity index is 2.39. The quantitative estimate of drug-likeness (QED) is 0.772. The summed E-state index contributed by atoms with van der Waals surface area (Å²) >= 11 is 4.60. The van der Waals surface area contributed by atoms with E-state index in [2.05, 4.69) is 15.9 Å². The molecule has 2 rings (SSSR count). The Morgan fingerprint density at radius 2 is 2.31 bits per heavy atom. The number of thiophene rings is 1. The van der Waals surface area contributed by atoms with E-state index in [0.29, 0.717) is 10.2 Å². The molecule has 0 N–H and O–H groups in total. The van der Waals surface area contributed by atoms with Crippen molar-refractivity contribution in [2.24, 2.45) is 0 Å². The van der Waals surface area contributed by atoms with Crippen LogP contribution in [0.1, 0.15) is 15.2 Å². The van der Waals surface area contributed by atoms with Crippen LogP contribution in [0.4, 0.5) is 0 Å². The third-order valence-corrected chi connectivity index (χ3v) is 3.09. The smallest absolute Gasteiger partial charge is 0.207 e. The van der Waals surface area contributed by atoms with Crippen molar-refractivity contribution in [3.63, 3.8) is 0 Å². The third kappa shape index (κ3) is 1.59. The Morgan fingerprint density at radius 3 is 2.85 bits per heavy atom. The number of rotatable bonds is 2. The Bertz CT molecular complexity index is 417. The summed E-state index contributed by atoms with van der Waals surface area (Å²) < 4.78 is 5.48. The summed E-state index contributed by atoms with van der Waals surface area (Å²) in [4.78, 5) is 12.4. The molecule has 0 aliphatic carbocycles. The van der Waals surface area contributed by atoms with Crippen LogP contribution < -0.4 is 0 Å². The van der Waals surface area contributed by atoms with E-state index in [1.807, 2.05) is 11.4 Å². The molecule has 0 bridgehead atoms. The third-order valence-electron chi connectivity index (χ3n) is 1.61. The molecule has 2 heterocycles. The number of carbonyl (C=O) groups is 1. The zero-order valence-corrected chi connectivity index (χ0v) is 8.89. The molecular formula is C9H5BrO2S. The molecule has 2 nitrogen and oxygen atoms in total. The summed E-state index contributed by atoms with van der Waals surface area (Å²) in [6, 6.07) is 5.31. The van der Waals surface area contributed by atoms with Gasteiger partial charge in [0.1, 0.15) is 0 Å². The average molecular weight is 257 g/mol. The first-order valence-electron chi connectivity index (χ1n) is 3.60. The van der Waals surface area contributed by atoms with Gasteiger partial charge in [-0.25, -0.2) is 0 Å². The first-order valence-corrected chi connectivity index (χ1v) is 5.27. The highest BCUT2D eigenvalue weighted by Gasteiger charge is 2.14. The van der Waals surface area contributed by atoms with Crippen LogP contribution in [-0.2, 0) is 0 Å². The topological polar surface area (TPSA) is 30.2 Å². The van der Waals surface area contributed by atoms with Crippen molar-refractivity contribution in [3.05, 3.63) is 45.0 Å². The van der Waals surface area contributed by atoms with Gasteiger partial charge >= 0.3 is 0 Å². The van der Waals surface area contributed by atoms with E-state index in [0.717, 1.165) is 4.88 Å². The minimum absolute atomic E-state index is 0.00405. The molecule has 0 aromatic carbocycles. The summed E-state index contributed by atoms with van der Waals surface area (Å²) in [5.74, 6) is -0.00405. The number of ketones is 1. The van der Waals surface area contributed by atoms with Crippen LogP contribution in [0.2, 0.25) is 0 Å². The molecular weight excluding hydrogens is 252 g/mol. The maximum Gasteiger partial charge on any atom is 0.207 e. The number of furan rings is 1. The Labute approximate surface area is 87.3 Å². The summed E-state index contributed by atoms with van der Waals surface area (Å²) in [6.45, 7) is 0. The lowest BCUT2D eigenvalue weighted by Gasteiger charge is -1.92. The van der Waals surface area contributed by atoms with Gasteiger partial charge in [0, 0.05) is 0 Å². The minimum atomic E-state index is -0.00405. The van der Waals surface area contributed by atoms with Crippen LogP contribution in [0.5, 0.6) is 0 Å². The van der Waals surface area contributed by atoms with Crippen LogP contribution in [-0.4, -0.2) is 5.78 Å². The van der Waals surface area contributed by atoms with Gasteiger partial charge in [0.2, 0.25) is 5.78 Å². The van der Waals surface area contributed by atoms with Crippen molar-refractivity contribution in [1.29, 1.82) is 0 Å². The molecule has 4 heteroatoms. The highest BCUT2D eigenvalue weighted by atomic mass is 79.9. The molecule has 0 fully saturated rings. The normalized spacial score (nSPS) is 10.2. The number of hydrogen-bond donors (Lipinski definition) is 0. The zero-order chi connectivity index (χ0) is 9.26. The molecule has 0 aliphatic heterocycles. The van der Waals surface area contributed by atoms with Gasteiger partial charge in [0.05, 0.1) is 16.7 Å². The first kappa shape index (κ1) is 8.72. The van der Waals surface area contributed by atoms with Gasteiger partial charge in [-0.05, 0) is 33.4 Å². The molecule has 0 saturated heterocycles. The second kappa shape index (κ2) is 3.47. The second-order valence-corrected chi connectivity index (χ2v) is 4.08. The Morgan fingerprint density at radius 1 is 1.46 bits per heavy atom. The molecule has 0 unspecified atom stereocenters. The number of hydrogen-bond acceptors (Lipinski definition) is 3. The van der Waals surface area contributed by atoms with E-state index in [9.17, 15) is 4.79 Å². The summed E-state index contributed by atoms with van der Waals surface area (Å²) in [5, 5.41) is 1.88. The molecule has 0 atom stereocenters. The van der Waals surface area contributed by atoms with Gasteiger partial charge in [0.15, 0.2) is 4.67 Å². The predicted octanol–water partition coefficient (Wildman–Crippen LogP) is 3.33. The standard InChI is InChI=1S/C9H5BrO2S/c10-9-6(3-4-12-9)8(11)7-2-1-5-13-7/h1-5H. The van der Waals surface area contributed by atoms with Crippen LogP contribution in [0.3, 0.4) is 0 Å². The van der Waals surface area contributed by atoms with Crippen LogP contribution in [0.25, 0.3) is 0 Å². The fraction of sp³-hybridized carbons (Fsp3) is 0. The monoisotopic (exact) mass is 256 g/mol. The largest absolute Gasteiger partial charge is 0.457 e. The maximum atomic E-state index is 11.7. The predicted molar refractivity (Wildman–Crippen MR) is 54.2 cm³/mol. The van der Waals surface area contributed by atoms with Gasteiger partial charge in [-0.2, -0.15) is 0 Å². The molecule has 2 aromatic rings. The molecule has 0 radical (unpaired) electrons. The van der Waals surface area contributed by atoms with Crippen molar-refractivity contribution in [3.8, 4) is 0 Å². The van der Waals surface area contributed by atoms with E-state index in [1.54, 1.807) is 12.1 Å². The fourth-order valence-corrected chi connectivity index (χ4v) is 2.09. The molecule has 0 saturated carbocycles. The van der Waals surface area contributed by atoms with Crippen molar-refractivity contribution in [2.45, 2.75) is 0 Å². The van der Waals surface area contributed by atoms with E-state index in [4.69, 9.17) is 4.42 Å². The van der Waals surface area contributed by atoms with Gasteiger partial charge < -0.3 is 4.42 Å². The van der Waals surface area contributed by atoms with Gasteiger partial charge in [0.25, 0.3) is 0 Å². The van der Waals surface area contributed by atoms with Crippen LogP contribution >= 0.6 is 27.3 Å². The van der Waals surface area contributed by atoms with Gasteiger partial charge in [-0.3, -0.25) is 4.79 Å². The van der Waals surface area contributed by atoms with Crippen molar-refractivity contribution in [2.75, 3.05) is 0 Å². The van der Waals surface area contributed by atoms with Gasteiger partial charge in [-0.1, -0.05) is 6.07 Å². The highest BCUT2D eigenvalue weighted by Crippen LogP contribution is 2.22. The molecule has 0 spiro atoms. The lowest BCUT2D eigenvalue weighted by molar-refractivity contribution is 0.104. The maximum absolute atomic E-state index is 11.7. The fourth-order valence-electron chi connectivity index (χ4n) is 0.996. The number of carbonyl (C=O) groups excluding carboxylic acids is 1. The SMILES string of the molecule is O=C(c1cccs1)c1ccoc1Br. The summed E-state index contributed by atoms with van der Waals surface area (Å²) in [6.07, 6.45) is 1.49. The Kier molecular flexibility index (Phi) is 2.33. The molecule has 13 heavy (non-hydrogen) atoms. The van der Waals surface area contributed by atoms with Gasteiger partial charge in [-0.15, -0.1) is 11.3 Å². The number of halogens is 1. The second-order valence-electron chi connectivity index (χ2n) is 2.41. The molecule has 0 aliphatic rings. The average Bonchev–Trinajstić information content (AvgIpc) is 2.72. The molecule has 66 valence electrons. The Hall–Kier alpha value is -0.870. The minimum Gasteiger partial charge on any atom is -0.457 e. The lowest BCUT2D eigenvalue weighted by Crippen LogP contribution is -1.96. The van der Waals surface area contributed by atoms with E-state index < -0.39 is 0 Å².